The van der Waals surface area contributed by atoms with Crippen molar-refractivity contribution in [3.63, 3.8) is 0 Å². The highest BCUT2D eigenvalue weighted by Gasteiger charge is 2.21. The fourth-order valence-electron chi connectivity index (χ4n) is 12.8. The molecule has 0 spiro atoms. The molecule has 0 aliphatic rings. The lowest BCUT2D eigenvalue weighted by Gasteiger charge is -2.19. The second-order valence-electron chi connectivity index (χ2n) is 27.0. The largest absolute Gasteiger partial charge is 0.489 e. The van der Waals surface area contributed by atoms with Crippen LogP contribution in [0.4, 0.5) is 0 Å². The number of imidazole rings is 2. The number of fused-ring (bicyclic) bond motifs is 2. The number of hydrogen-bond acceptors (Lipinski definition) is 14. The molecule has 108 heavy (non-hydrogen) atoms. The van der Waals surface area contributed by atoms with Crippen molar-refractivity contribution in [1.29, 1.82) is 0 Å². The van der Waals surface area contributed by atoms with Crippen molar-refractivity contribution in [2.24, 2.45) is 14.1 Å². The van der Waals surface area contributed by atoms with Gasteiger partial charge in [0.1, 0.15) is 36.4 Å². The molecule has 8 aromatic carbocycles. The zero-order valence-electron chi connectivity index (χ0n) is 62.6. The molecule has 0 atom stereocenters. The number of para-hydroxylation sites is 4. The van der Waals surface area contributed by atoms with Gasteiger partial charge in [0, 0.05) is 46.7 Å². The Hall–Kier alpha value is -9.62. The van der Waals surface area contributed by atoms with Crippen molar-refractivity contribution >= 4 is 76.9 Å². The number of rotatable bonds is 32. The number of ether oxygens (including phenoxy) is 2. The van der Waals surface area contributed by atoms with Crippen LogP contribution in [0.1, 0.15) is 146 Å². The van der Waals surface area contributed by atoms with Gasteiger partial charge in [-0.25, -0.2) is 9.97 Å². The first-order valence-electron chi connectivity index (χ1n) is 36.4. The van der Waals surface area contributed by atoms with Crippen LogP contribution in [0.2, 0.25) is 0 Å². The summed E-state index contributed by atoms with van der Waals surface area (Å²) in [5, 5.41) is 19.1. The second-order valence-corrected chi connectivity index (χ2v) is 32.2. The quantitative estimate of drug-likeness (QED) is 0.0286. The lowest BCUT2D eigenvalue weighted by molar-refractivity contribution is -0.139. The summed E-state index contributed by atoms with van der Waals surface area (Å²) in [5.41, 5.74) is 13.2. The molecular formula is C86H98N6O12S4. The minimum Gasteiger partial charge on any atom is -0.489 e. The molecule has 0 amide bonds. The minimum atomic E-state index is -4.02. The van der Waals surface area contributed by atoms with E-state index in [-0.39, 0.29) is 22.9 Å². The van der Waals surface area contributed by atoms with Crippen molar-refractivity contribution in [3.8, 4) is 32.4 Å². The number of aliphatic carboxylic acids is 2. The van der Waals surface area contributed by atoms with Gasteiger partial charge in [0.05, 0.1) is 58.0 Å². The predicted octanol–water partition coefficient (Wildman–Crippen LogP) is 19.8. The summed E-state index contributed by atoms with van der Waals surface area (Å²) < 4.78 is 75.4. The Bertz CT molecular complexity index is 4730. The first-order valence-corrected chi connectivity index (χ1v) is 41.0. The molecule has 12 rings (SSSR count). The van der Waals surface area contributed by atoms with Gasteiger partial charge in [-0.1, -0.05) is 186 Å². The Labute approximate surface area is 643 Å². The zero-order valence-corrected chi connectivity index (χ0v) is 65.9. The van der Waals surface area contributed by atoms with Gasteiger partial charge in [-0.3, -0.25) is 28.5 Å². The van der Waals surface area contributed by atoms with Gasteiger partial charge >= 0.3 is 11.9 Å². The van der Waals surface area contributed by atoms with E-state index in [0.29, 0.717) is 51.2 Å². The Morgan fingerprint density at radius 2 is 0.769 bits per heavy atom. The molecule has 568 valence electrons. The Kier molecular flexibility index (Phi) is 30.5. The van der Waals surface area contributed by atoms with Gasteiger partial charge in [0.25, 0.3) is 20.2 Å². The number of nitrogens with zero attached hydrogens (tertiary/aromatic N) is 6. The maximum Gasteiger partial charge on any atom is 0.317 e. The average molecular weight is 1540 g/mol. The standard InChI is InChI=1S/2C36H41N3O3S.2C7H8O3S/c2*1-4-8-27(9-5-2)28-16-18-30(19-17-28)42-25-26-12-14-29(15-13-26)34-21-20-31(43-34)22-39(24-36(40)41)23-35-37-32-10-6-7-11-33(32)38(35)3;2*1-6-2-4-7(5-3-6)11(8,9)10/h2*6-7,10-21,27H,4-5,8-9,22-25H2,1-3H3,(H,40,41);2*2-5H,1H3,(H,8,9,10). The van der Waals surface area contributed by atoms with Gasteiger partial charge in [-0.15, -0.1) is 22.7 Å². The second kappa shape index (κ2) is 40.0. The lowest BCUT2D eigenvalue weighted by atomic mass is 9.90. The highest BCUT2D eigenvalue weighted by atomic mass is 32.2. The molecule has 0 saturated heterocycles. The van der Waals surface area contributed by atoms with Crippen molar-refractivity contribution in [3.05, 3.63) is 273 Å². The van der Waals surface area contributed by atoms with Crippen LogP contribution in [0.15, 0.2) is 228 Å². The number of aryl methyl sites for hydroxylation is 4. The van der Waals surface area contributed by atoms with E-state index in [9.17, 15) is 36.6 Å². The molecule has 4 aromatic heterocycles. The molecule has 4 heterocycles. The van der Waals surface area contributed by atoms with Gasteiger partial charge in [-0.05, 0) is 182 Å². The van der Waals surface area contributed by atoms with Gasteiger partial charge < -0.3 is 28.8 Å². The molecule has 22 heteroatoms. The molecule has 0 saturated carbocycles. The summed E-state index contributed by atoms with van der Waals surface area (Å²) in [4.78, 5) is 41.1. The summed E-state index contributed by atoms with van der Waals surface area (Å²) >= 11 is 3.39. The van der Waals surface area contributed by atoms with Crippen LogP contribution in [0.3, 0.4) is 0 Å². The van der Waals surface area contributed by atoms with Crippen LogP contribution in [0.25, 0.3) is 42.9 Å². The van der Waals surface area contributed by atoms with Gasteiger partial charge in [0.2, 0.25) is 0 Å². The van der Waals surface area contributed by atoms with E-state index in [2.05, 4.69) is 149 Å². The number of carboxylic acid groups (broad SMARTS) is 2. The SMILES string of the molecule is CCCC(CCC)c1ccc(OCc2ccc(-c3ccc(CN(CC(=O)O)Cc4nc5ccccc5n4C)s3)cc2)cc1.CCCC(CCC)c1ccc(OCc2ccc(-c3ccc(CN(CC(=O)O)Cc4nc5ccccc5n4C)s3)cc2)cc1.Cc1ccc(S(=O)(=O)O)cc1.Cc1ccc(S(=O)(=O)O)cc1. The van der Waals surface area contributed by atoms with Crippen LogP contribution >= 0.6 is 22.7 Å². The first kappa shape index (κ1) is 82.4. The van der Waals surface area contributed by atoms with E-state index < -0.39 is 32.2 Å². The molecule has 12 aromatic rings. The molecule has 18 nitrogen and oxygen atoms in total. The first-order chi connectivity index (χ1) is 51.9. The molecular weight excluding hydrogens is 1440 g/mol. The van der Waals surface area contributed by atoms with Gasteiger partial charge in [0.15, 0.2) is 0 Å². The summed E-state index contributed by atoms with van der Waals surface area (Å²) in [6.45, 7) is 15.7. The molecule has 0 aliphatic carbocycles. The van der Waals surface area contributed by atoms with Crippen LogP contribution < -0.4 is 9.47 Å². The van der Waals surface area contributed by atoms with E-state index in [1.165, 1.54) is 86.8 Å². The maximum atomic E-state index is 11.7. The Balaban J connectivity index is 0.000000194. The third-order valence-corrected chi connectivity index (χ3v) is 22.4. The number of thiophene rings is 2. The zero-order chi connectivity index (χ0) is 77.3. The van der Waals surface area contributed by atoms with E-state index in [4.69, 9.17) is 28.5 Å². The number of carbonyl (C=O) groups is 2. The summed E-state index contributed by atoms with van der Waals surface area (Å²) in [7, 11) is -4.08. The molecule has 0 radical (unpaired) electrons. The van der Waals surface area contributed by atoms with Crippen molar-refractivity contribution in [1.82, 2.24) is 28.9 Å². The topological polar surface area (TPSA) is 244 Å². The van der Waals surface area contributed by atoms with E-state index in [1.54, 1.807) is 46.9 Å². The normalized spacial score (nSPS) is 11.5. The third kappa shape index (κ3) is 24.7. The maximum absolute atomic E-state index is 11.7. The fraction of sp³-hybridized carbons (Fsp3) is 0.302. The predicted molar refractivity (Wildman–Crippen MR) is 433 cm³/mol. The molecule has 0 unspecified atom stereocenters. The highest BCUT2D eigenvalue weighted by molar-refractivity contribution is 7.86. The van der Waals surface area contributed by atoms with Crippen molar-refractivity contribution in [2.45, 2.75) is 154 Å². The Morgan fingerprint density at radius 3 is 1.07 bits per heavy atom. The average Bonchev–Trinajstić information content (AvgIpc) is 1.66. The molecule has 0 bridgehead atoms. The van der Waals surface area contributed by atoms with E-state index >= 15 is 0 Å². The van der Waals surface area contributed by atoms with E-state index in [1.807, 2.05) is 95.4 Å². The number of aromatic nitrogens is 4. The monoisotopic (exact) mass is 1530 g/mol. The van der Waals surface area contributed by atoms with Crippen LogP contribution in [0.5, 0.6) is 11.5 Å². The summed E-state index contributed by atoms with van der Waals surface area (Å²) in [6.07, 6.45) is 9.75. The van der Waals surface area contributed by atoms with Crippen LogP contribution in [-0.4, -0.2) is 90.1 Å². The smallest absolute Gasteiger partial charge is 0.317 e. The number of benzene rings is 8. The summed E-state index contributed by atoms with van der Waals surface area (Å²) in [6, 6.07) is 70.6. The minimum absolute atomic E-state index is 0.0497. The molecule has 4 N–H and O–H groups in total. The third-order valence-electron chi connectivity index (χ3n) is 18.5. The molecule has 0 fully saturated rings. The van der Waals surface area contributed by atoms with Crippen LogP contribution in [0, 0.1) is 13.8 Å². The van der Waals surface area contributed by atoms with Crippen molar-refractivity contribution in [2.75, 3.05) is 13.1 Å². The fourth-order valence-corrected chi connectivity index (χ4v) is 15.8. The highest BCUT2D eigenvalue weighted by Crippen LogP contribution is 2.34. The van der Waals surface area contributed by atoms with Crippen molar-refractivity contribution < 1.29 is 55.2 Å². The number of carboxylic acids is 2. The van der Waals surface area contributed by atoms with Gasteiger partial charge in [-0.2, -0.15) is 16.8 Å². The molecule has 0 aliphatic heterocycles. The summed E-state index contributed by atoms with van der Waals surface area (Å²) in [5.74, 6) is 3.07. The van der Waals surface area contributed by atoms with Crippen LogP contribution in [-0.2, 0) is 83.3 Å². The van der Waals surface area contributed by atoms with E-state index in [0.717, 1.165) is 98.1 Å². The number of hydrogen-bond donors (Lipinski definition) is 4. The Morgan fingerprint density at radius 1 is 0.435 bits per heavy atom. The lowest BCUT2D eigenvalue weighted by Crippen LogP contribution is -2.29.